The Morgan fingerprint density at radius 1 is 0.507 bits per heavy atom. The first-order valence-corrected chi connectivity index (χ1v) is 26.7. The summed E-state index contributed by atoms with van der Waals surface area (Å²) in [5.74, 6) is 3.21. The number of hydrogen-bond donors (Lipinski definition) is 0. The number of para-hydroxylation sites is 1. The summed E-state index contributed by atoms with van der Waals surface area (Å²) in [6, 6.07) is 58.8. The molecule has 3 heterocycles. The normalized spacial score (nSPS) is 13.1. The molecule has 0 bridgehead atoms. The van der Waals surface area contributed by atoms with Gasteiger partial charge < -0.3 is 19.1 Å². The summed E-state index contributed by atoms with van der Waals surface area (Å²) in [4.78, 5) is 9.63. The summed E-state index contributed by atoms with van der Waals surface area (Å²) in [5, 5.41) is 2.24. The van der Waals surface area contributed by atoms with Crippen LogP contribution in [0, 0.1) is 18.8 Å². The fourth-order valence-electron chi connectivity index (χ4n) is 10.4. The maximum Gasteiger partial charge on any atom is 0.135 e. The third-order valence-corrected chi connectivity index (χ3v) is 14.9. The Labute approximate surface area is 462 Å². The molecule has 0 spiro atoms. The van der Waals surface area contributed by atoms with E-state index in [1.165, 1.54) is 50.1 Å². The standard InChI is InChI=1S/C69H73N4O.Pt/c1-43(2)48-33-59(44(3)4)66(60(34-48)45(5)6)47-25-28-62-64(35-47)72(53-32-49(46-21-17-16-18-22-46)31-51(36-53)68(10,11)12)42-71(62)54-37-52(69(13,14)15)38-56(40-54)74-55-26-27-58-57-23-19-20-24-61(57)73(63(58)41-55)65-39-50(29-30-70-65)67(7,8)9;/h16-39,42-45H,1-15H3;/q-3;. The summed E-state index contributed by atoms with van der Waals surface area (Å²) in [6.07, 6.45) is 1.92. The van der Waals surface area contributed by atoms with Crippen molar-refractivity contribution in [3.8, 4) is 39.6 Å². The first kappa shape index (κ1) is 53.4. The first-order valence-electron chi connectivity index (χ1n) is 26.7. The van der Waals surface area contributed by atoms with Gasteiger partial charge in [-0.3, -0.25) is 0 Å². The van der Waals surface area contributed by atoms with Gasteiger partial charge in [-0.15, -0.1) is 53.6 Å². The van der Waals surface area contributed by atoms with Crippen molar-refractivity contribution in [2.24, 2.45) is 0 Å². The molecular weight excluding hydrogens is 1100 g/mol. The van der Waals surface area contributed by atoms with Crippen molar-refractivity contribution in [3.63, 3.8) is 0 Å². The molecule has 5 nitrogen and oxygen atoms in total. The number of aromatic nitrogens is 2. The zero-order valence-electron chi connectivity index (χ0n) is 46.7. The molecule has 10 rings (SSSR count). The van der Waals surface area contributed by atoms with Crippen LogP contribution in [0.4, 0.5) is 22.7 Å². The van der Waals surface area contributed by atoms with E-state index in [0.717, 1.165) is 55.9 Å². The van der Waals surface area contributed by atoms with Gasteiger partial charge in [0.25, 0.3) is 0 Å². The Balaban J connectivity index is 0.00000689. The summed E-state index contributed by atoms with van der Waals surface area (Å²) in [5.41, 5.74) is 18.6. The van der Waals surface area contributed by atoms with Crippen molar-refractivity contribution in [2.75, 3.05) is 9.80 Å². The van der Waals surface area contributed by atoms with Crippen LogP contribution in [0.25, 0.3) is 49.9 Å². The molecule has 2 aromatic heterocycles. The molecule has 7 aromatic carbocycles. The van der Waals surface area contributed by atoms with Crippen molar-refractivity contribution in [1.82, 2.24) is 9.55 Å². The Hall–Kier alpha value is -6.42. The van der Waals surface area contributed by atoms with Crippen LogP contribution in [-0.2, 0) is 37.3 Å². The predicted octanol–water partition coefficient (Wildman–Crippen LogP) is 19.6. The average Bonchev–Trinajstić information content (AvgIpc) is 3.91. The van der Waals surface area contributed by atoms with E-state index in [1.54, 1.807) is 0 Å². The Morgan fingerprint density at radius 2 is 1.16 bits per heavy atom. The summed E-state index contributed by atoms with van der Waals surface area (Å²) in [6.45, 7) is 36.6. The van der Waals surface area contributed by atoms with Crippen LogP contribution in [0.15, 0.2) is 146 Å². The van der Waals surface area contributed by atoms with E-state index in [4.69, 9.17) is 9.72 Å². The molecule has 75 heavy (non-hydrogen) atoms. The van der Waals surface area contributed by atoms with Gasteiger partial charge >= 0.3 is 0 Å². The van der Waals surface area contributed by atoms with Crippen LogP contribution in [0.5, 0.6) is 11.5 Å². The number of anilines is 4. The van der Waals surface area contributed by atoms with Crippen molar-refractivity contribution in [3.05, 3.63) is 198 Å². The Bertz CT molecular complexity index is 3530. The summed E-state index contributed by atoms with van der Waals surface area (Å²) in [7, 11) is 0. The second kappa shape index (κ2) is 20.3. The van der Waals surface area contributed by atoms with Crippen molar-refractivity contribution < 1.29 is 25.8 Å². The van der Waals surface area contributed by atoms with Crippen LogP contribution in [0.2, 0.25) is 0 Å². The minimum absolute atomic E-state index is 0. The summed E-state index contributed by atoms with van der Waals surface area (Å²) < 4.78 is 9.20. The molecule has 0 radical (unpaired) electrons. The van der Waals surface area contributed by atoms with E-state index in [9.17, 15) is 0 Å². The minimum Gasteiger partial charge on any atom is -0.509 e. The number of nitrogens with zero attached hydrogens (tertiary/aromatic N) is 4. The molecule has 1 aliphatic heterocycles. The third-order valence-electron chi connectivity index (χ3n) is 14.9. The number of fused-ring (bicyclic) bond motifs is 4. The molecule has 0 fully saturated rings. The fraction of sp³-hybridized carbons (Fsp3) is 0.304. The molecule has 388 valence electrons. The van der Waals surface area contributed by atoms with E-state index in [0.29, 0.717) is 29.3 Å². The van der Waals surface area contributed by atoms with Crippen molar-refractivity contribution in [1.29, 1.82) is 0 Å². The largest absolute Gasteiger partial charge is 0.509 e. The van der Waals surface area contributed by atoms with Gasteiger partial charge in [0.2, 0.25) is 0 Å². The molecule has 0 atom stereocenters. The van der Waals surface area contributed by atoms with Gasteiger partial charge in [-0.2, -0.15) is 6.07 Å². The van der Waals surface area contributed by atoms with Crippen LogP contribution < -0.4 is 14.5 Å². The number of pyridine rings is 1. The van der Waals surface area contributed by atoms with Gasteiger partial charge in [0, 0.05) is 61.3 Å². The quantitative estimate of drug-likeness (QED) is 0.128. The minimum atomic E-state index is -0.202. The summed E-state index contributed by atoms with van der Waals surface area (Å²) >= 11 is 0. The molecule has 9 aromatic rings. The molecule has 0 saturated carbocycles. The third kappa shape index (κ3) is 10.5. The zero-order valence-corrected chi connectivity index (χ0v) is 49.0. The van der Waals surface area contributed by atoms with Gasteiger partial charge in [0.1, 0.15) is 5.82 Å². The van der Waals surface area contributed by atoms with Gasteiger partial charge in [-0.05, 0) is 132 Å². The van der Waals surface area contributed by atoms with Gasteiger partial charge in [-0.1, -0.05) is 182 Å². The van der Waals surface area contributed by atoms with Crippen molar-refractivity contribution >= 4 is 44.6 Å². The van der Waals surface area contributed by atoms with E-state index < -0.39 is 0 Å². The van der Waals surface area contributed by atoms with Crippen molar-refractivity contribution in [2.45, 2.75) is 138 Å². The Morgan fingerprint density at radius 3 is 1.81 bits per heavy atom. The molecule has 1 aliphatic rings. The van der Waals surface area contributed by atoms with E-state index in [-0.39, 0.29) is 37.3 Å². The molecule has 0 saturated heterocycles. The molecule has 6 heteroatoms. The van der Waals surface area contributed by atoms with Crippen LogP contribution in [-0.4, -0.2) is 9.55 Å². The first-order chi connectivity index (χ1) is 35.0. The number of hydrogen-bond acceptors (Lipinski definition) is 4. The smallest absolute Gasteiger partial charge is 0.135 e. The Kier molecular flexibility index (Phi) is 14.4. The molecule has 0 unspecified atom stereocenters. The maximum atomic E-state index is 6.98. The van der Waals surface area contributed by atoms with Gasteiger partial charge in [0.15, 0.2) is 0 Å². The molecule has 0 N–H and O–H groups in total. The van der Waals surface area contributed by atoms with E-state index >= 15 is 0 Å². The fourth-order valence-corrected chi connectivity index (χ4v) is 10.4. The zero-order chi connectivity index (χ0) is 52.6. The van der Waals surface area contributed by atoms with Gasteiger partial charge in [0.05, 0.1) is 0 Å². The average molecular weight is 1170 g/mol. The van der Waals surface area contributed by atoms with Crippen LogP contribution in [0.1, 0.15) is 155 Å². The second-order valence-electron chi connectivity index (χ2n) is 24.5. The van der Waals surface area contributed by atoms with Gasteiger partial charge in [-0.25, -0.2) is 4.98 Å². The van der Waals surface area contributed by atoms with Crippen LogP contribution in [0.3, 0.4) is 0 Å². The molecule has 0 aliphatic carbocycles. The predicted molar refractivity (Wildman–Crippen MR) is 313 cm³/mol. The SMILES string of the molecule is CC(C)c1cc(C(C)C)c(-c2ccc3c(c2)N(c2cc(-c4ccccc4)cc(C(C)(C)C)c2)[CH-]N3c2[c-]c(Oc3[c-]c4c(cc3)c3ccccc3n4-c3cc(C(C)(C)C)ccn3)cc(C(C)(C)C)c2)c(C(C)C)c1.[Pt]. The maximum absolute atomic E-state index is 6.98. The monoisotopic (exact) mass is 1170 g/mol. The molecule has 0 amide bonds. The van der Waals surface area contributed by atoms with Crippen LogP contribution >= 0.6 is 0 Å². The topological polar surface area (TPSA) is 33.5 Å². The van der Waals surface area contributed by atoms with E-state index in [2.05, 4.69) is 270 Å². The number of benzene rings is 7. The number of ether oxygens (including phenoxy) is 1. The molecular formula is C69H73N4OPt-3. The number of rotatable bonds is 10. The second-order valence-corrected chi connectivity index (χ2v) is 24.5. The van der Waals surface area contributed by atoms with E-state index in [1.807, 2.05) is 12.3 Å².